The van der Waals surface area contributed by atoms with Crippen LogP contribution in [-0.4, -0.2) is 28.5 Å². The fraction of sp³-hybridized carbons (Fsp3) is 0.667. The van der Waals surface area contributed by atoms with Crippen molar-refractivity contribution in [2.24, 2.45) is 0 Å². The molecule has 1 aromatic rings. The summed E-state index contributed by atoms with van der Waals surface area (Å²) < 4.78 is 1.66. The first-order valence-corrected chi connectivity index (χ1v) is 6.76. The first kappa shape index (κ1) is 14.0. The lowest BCUT2D eigenvalue weighted by Crippen LogP contribution is -2.35. The molecule has 0 aliphatic rings. The highest BCUT2D eigenvalue weighted by Gasteiger charge is 2.14. The number of rotatable bonds is 5. The van der Waals surface area contributed by atoms with Crippen LogP contribution in [0.2, 0.25) is 0 Å². The Bertz CT molecular complexity index is 436. The summed E-state index contributed by atoms with van der Waals surface area (Å²) in [5.74, 6) is 0.0943. The molecule has 4 nitrogen and oxygen atoms in total. The molecule has 96 valence electrons. The number of carbonyl (C=O) groups excluding carboxylic acids is 1. The summed E-state index contributed by atoms with van der Waals surface area (Å²) >= 11 is 1.18. The molecule has 1 rings (SSSR count). The number of aryl methyl sites for hydroxylation is 1. The van der Waals surface area contributed by atoms with E-state index in [9.17, 15) is 9.59 Å². The molecule has 17 heavy (non-hydrogen) atoms. The van der Waals surface area contributed by atoms with E-state index in [1.165, 1.54) is 11.3 Å². The van der Waals surface area contributed by atoms with Gasteiger partial charge < -0.3 is 9.47 Å². The number of aromatic nitrogens is 1. The molecule has 0 bridgehead atoms. The van der Waals surface area contributed by atoms with Gasteiger partial charge in [0.05, 0.1) is 0 Å². The van der Waals surface area contributed by atoms with Gasteiger partial charge in [-0.1, -0.05) is 18.3 Å². The van der Waals surface area contributed by atoms with Gasteiger partial charge in [-0.15, -0.1) is 0 Å². The van der Waals surface area contributed by atoms with Crippen molar-refractivity contribution in [3.05, 3.63) is 20.7 Å². The SMILES string of the molecule is CCC(C)N(C)C(=O)CCn1c(C)csc1=O. The van der Waals surface area contributed by atoms with Crippen molar-refractivity contribution in [2.75, 3.05) is 7.05 Å². The number of amides is 1. The second-order valence-corrected chi connectivity index (χ2v) is 5.13. The smallest absolute Gasteiger partial charge is 0.307 e. The maximum atomic E-state index is 11.9. The van der Waals surface area contributed by atoms with Crippen molar-refractivity contribution >= 4 is 17.2 Å². The van der Waals surface area contributed by atoms with Crippen molar-refractivity contribution in [3.63, 3.8) is 0 Å². The maximum absolute atomic E-state index is 11.9. The van der Waals surface area contributed by atoms with Crippen molar-refractivity contribution in [1.29, 1.82) is 0 Å². The molecule has 1 heterocycles. The molecule has 0 fully saturated rings. The van der Waals surface area contributed by atoms with E-state index in [0.717, 1.165) is 12.1 Å². The average Bonchev–Trinajstić information content (AvgIpc) is 2.64. The Morgan fingerprint density at radius 1 is 1.59 bits per heavy atom. The van der Waals surface area contributed by atoms with Gasteiger partial charge in [0.2, 0.25) is 5.91 Å². The van der Waals surface area contributed by atoms with Crippen LogP contribution in [0.5, 0.6) is 0 Å². The predicted octanol–water partition coefficient (Wildman–Crippen LogP) is 1.87. The molecule has 1 atom stereocenters. The van der Waals surface area contributed by atoms with E-state index in [-0.39, 0.29) is 16.8 Å². The molecule has 0 saturated heterocycles. The van der Waals surface area contributed by atoms with Crippen LogP contribution < -0.4 is 4.87 Å². The Morgan fingerprint density at radius 3 is 2.71 bits per heavy atom. The molecule has 1 amide bonds. The molecule has 0 aliphatic carbocycles. The highest BCUT2D eigenvalue weighted by molar-refractivity contribution is 7.07. The van der Waals surface area contributed by atoms with Crippen LogP contribution in [-0.2, 0) is 11.3 Å². The third-order valence-electron chi connectivity index (χ3n) is 3.17. The Balaban J connectivity index is 2.57. The van der Waals surface area contributed by atoms with Crippen LogP contribution in [0.3, 0.4) is 0 Å². The Kier molecular flexibility index (Phi) is 4.93. The number of nitrogens with zero attached hydrogens (tertiary/aromatic N) is 2. The van der Waals surface area contributed by atoms with Gasteiger partial charge in [-0.3, -0.25) is 9.59 Å². The molecule has 0 saturated carbocycles. The fourth-order valence-corrected chi connectivity index (χ4v) is 2.34. The second kappa shape index (κ2) is 6.00. The van der Waals surface area contributed by atoms with Gasteiger partial charge in [-0.05, 0) is 20.3 Å². The van der Waals surface area contributed by atoms with E-state index < -0.39 is 0 Å². The molecular formula is C12H20N2O2S. The first-order chi connectivity index (χ1) is 7.97. The monoisotopic (exact) mass is 256 g/mol. The molecular weight excluding hydrogens is 236 g/mol. The van der Waals surface area contributed by atoms with Crippen LogP contribution in [0.1, 0.15) is 32.4 Å². The lowest BCUT2D eigenvalue weighted by atomic mass is 10.2. The van der Waals surface area contributed by atoms with E-state index >= 15 is 0 Å². The maximum Gasteiger partial charge on any atom is 0.307 e. The summed E-state index contributed by atoms with van der Waals surface area (Å²) in [6.45, 7) is 6.45. The van der Waals surface area contributed by atoms with Crippen molar-refractivity contribution < 1.29 is 4.79 Å². The van der Waals surface area contributed by atoms with Gasteiger partial charge in [0.1, 0.15) is 0 Å². The van der Waals surface area contributed by atoms with Gasteiger partial charge in [0.25, 0.3) is 0 Å². The standard InChI is InChI=1S/C12H20N2O2S/c1-5-9(2)13(4)11(15)6-7-14-10(3)8-17-12(14)16/h8-9H,5-7H2,1-4H3. The molecule has 0 aliphatic heterocycles. The van der Waals surface area contributed by atoms with Crippen molar-refractivity contribution in [1.82, 2.24) is 9.47 Å². The number of hydrogen-bond acceptors (Lipinski definition) is 3. The van der Waals surface area contributed by atoms with Crippen molar-refractivity contribution in [2.45, 2.75) is 46.2 Å². The summed E-state index contributed by atoms with van der Waals surface area (Å²) in [5.41, 5.74) is 0.930. The summed E-state index contributed by atoms with van der Waals surface area (Å²) in [4.78, 5) is 25.1. The number of carbonyl (C=O) groups is 1. The minimum Gasteiger partial charge on any atom is -0.343 e. The number of hydrogen-bond donors (Lipinski definition) is 0. The Morgan fingerprint density at radius 2 is 2.24 bits per heavy atom. The predicted molar refractivity (Wildman–Crippen MR) is 70.5 cm³/mol. The van der Waals surface area contributed by atoms with Crippen LogP contribution in [0.25, 0.3) is 0 Å². The summed E-state index contributed by atoms with van der Waals surface area (Å²) in [6.07, 6.45) is 1.33. The Labute approximate surface area is 106 Å². The molecule has 0 N–H and O–H groups in total. The highest BCUT2D eigenvalue weighted by Crippen LogP contribution is 2.05. The van der Waals surface area contributed by atoms with E-state index in [2.05, 4.69) is 6.92 Å². The normalized spacial score (nSPS) is 12.5. The lowest BCUT2D eigenvalue weighted by Gasteiger charge is -2.23. The zero-order chi connectivity index (χ0) is 13.0. The number of thiazole rings is 1. The van der Waals surface area contributed by atoms with Gasteiger partial charge in [-0.2, -0.15) is 0 Å². The second-order valence-electron chi connectivity index (χ2n) is 4.31. The summed E-state index contributed by atoms with van der Waals surface area (Å²) in [6, 6.07) is 0.253. The molecule has 0 spiro atoms. The van der Waals surface area contributed by atoms with Crippen LogP contribution in [0.15, 0.2) is 10.2 Å². The summed E-state index contributed by atoms with van der Waals surface area (Å²) in [5, 5.41) is 1.82. The van der Waals surface area contributed by atoms with Gasteiger partial charge >= 0.3 is 4.87 Å². The van der Waals surface area contributed by atoms with E-state index in [4.69, 9.17) is 0 Å². The van der Waals surface area contributed by atoms with Crippen LogP contribution in [0.4, 0.5) is 0 Å². The topological polar surface area (TPSA) is 42.3 Å². The zero-order valence-electron chi connectivity index (χ0n) is 10.9. The molecule has 1 aromatic heterocycles. The van der Waals surface area contributed by atoms with Crippen LogP contribution in [0, 0.1) is 6.92 Å². The van der Waals surface area contributed by atoms with Gasteiger partial charge in [-0.25, -0.2) is 0 Å². The highest BCUT2D eigenvalue weighted by atomic mass is 32.1. The Hall–Kier alpha value is -1.10. The zero-order valence-corrected chi connectivity index (χ0v) is 11.7. The molecule has 5 heteroatoms. The van der Waals surface area contributed by atoms with Gasteiger partial charge in [0.15, 0.2) is 0 Å². The molecule has 0 aromatic carbocycles. The minimum atomic E-state index is 0.0153. The minimum absolute atomic E-state index is 0.0153. The lowest BCUT2D eigenvalue weighted by molar-refractivity contribution is -0.131. The van der Waals surface area contributed by atoms with E-state index in [1.807, 2.05) is 26.3 Å². The molecule has 0 radical (unpaired) electrons. The third kappa shape index (κ3) is 3.43. The largest absolute Gasteiger partial charge is 0.343 e. The van der Waals surface area contributed by atoms with E-state index in [1.54, 1.807) is 9.47 Å². The molecule has 1 unspecified atom stereocenters. The summed E-state index contributed by atoms with van der Waals surface area (Å²) in [7, 11) is 1.82. The quantitative estimate of drug-likeness (QED) is 0.807. The first-order valence-electron chi connectivity index (χ1n) is 5.88. The third-order valence-corrected chi connectivity index (χ3v) is 4.05. The average molecular weight is 256 g/mol. The fourth-order valence-electron chi connectivity index (χ4n) is 1.58. The van der Waals surface area contributed by atoms with E-state index in [0.29, 0.717) is 13.0 Å². The van der Waals surface area contributed by atoms with Crippen LogP contribution >= 0.6 is 11.3 Å². The van der Waals surface area contributed by atoms with Gasteiger partial charge in [0, 0.05) is 37.1 Å². The van der Waals surface area contributed by atoms with Crippen molar-refractivity contribution in [3.8, 4) is 0 Å².